The highest BCUT2D eigenvalue weighted by molar-refractivity contribution is 7.15. The molecular formula is C13H17NO4S. The number of hydrogen-bond donors (Lipinski definition) is 2. The molecule has 104 valence electrons. The van der Waals surface area contributed by atoms with E-state index in [1.807, 2.05) is 0 Å². The molecule has 1 aliphatic heterocycles. The van der Waals surface area contributed by atoms with Gasteiger partial charge in [0.05, 0.1) is 11.0 Å². The molecule has 19 heavy (non-hydrogen) atoms. The molecule has 6 heteroatoms. The topological polar surface area (TPSA) is 75.6 Å². The molecular weight excluding hydrogens is 266 g/mol. The zero-order valence-corrected chi connectivity index (χ0v) is 11.5. The van der Waals surface area contributed by atoms with Gasteiger partial charge in [0.15, 0.2) is 0 Å². The minimum Gasteiger partial charge on any atom is -0.477 e. The summed E-state index contributed by atoms with van der Waals surface area (Å²) < 4.78 is 5.55. The van der Waals surface area contributed by atoms with Crippen molar-refractivity contribution in [1.29, 1.82) is 0 Å². The Morgan fingerprint density at radius 3 is 2.84 bits per heavy atom. The number of carboxylic acids is 1. The van der Waals surface area contributed by atoms with Crippen molar-refractivity contribution in [3.05, 3.63) is 21.9 Å². The van der Waals surface area contributed by atoms with E-state index in [1.165, 1.54) is 6.07 Å². The van der Waals surface area contributed by atoms with E-state index in [9.17, 15) is 9.59 Å². The van der Waals surface area contributed by atoms with Gasteiger partial charge in [-0.2, -0.15) is 0 Å². The van der Waals surface area contributed by atoms with Gasteiger partial charge in [0.2, 0.25) is 0 Å². The van der Waals surface area contributed by atoms with Crippen molar-refractivity contribution in [2.75, 3.05) is 6.61 Å². The van der Waals surface area contributed by atoms with Gasteiger partial charge in [-0.3, -0.25) is 4.79 Å². The molecule has 2 rings (SSSR count). The lowest BCUT2D eigenvalue weighted by Crippen LogP contribution is -2.41. The molecule has 2 heterocycles. The summed E-state index contributed by atoms with van der Waals surface area (Å²) >= 11 is 1.00. The minimum atomic E-state index is -0.999. The van der Waals surface area contributed by atoms with Crippen LogP contribution in [0.5, 0.6) is 0 Å². The summed E-state index contributed by atoms with van der Waals surface area (Å²) in [6, 6.07) is 3.13. The van der Waals surface area contributed by atoms with Crippen LogP contribution in [-0.2, 0) is 4.74 Å². The Morgan fingerprint density at radius 1 is 1.47 bits per heavy atom. The highest BCUT2D eigenvalue weighted by Gasteiger charge is 2.23. The van der Waals surface area contributed by atoms with Crippen molar-refractivity contribution >= 4 is 23.2 Å². The molecule has 0 unspecified atom stereocenters. The van der Waals surface area contributed by atoms with Crippen molar-refractivity contribution in [1.82, 2.24) is 5.32 Å². The lowest BCUT2D eigenvalue weighted by atomic mass is 10.0. The van der Waals surface area contributed by atoms with Crippen molar-refractivity contribution in [3.8, 4) is 0 Å². The highest BCUT2D eigenvalue weighted by atomic mass is 32.1. The van der Waals surface area contributed by atoms with Crippen LogP contribution in [0, 0.1) is 0 Å². The first-order valence-corrected chi connectivity index (χ1v) is 7.17. The van der Waals surface area contributed by atoms with Crippen LogP contribution < -0.4 is 5.32 Å². The predicted octanol–water partition coefficient (Wildman–Crippen LogP) is 2.13. The summed E-state index contributed by atoms with van der Waals surface area (Å²) in [4.78, 5) is 23.4. The van der Waals surface area contributed by atoms with Gasteiger partial charge < -0.3 is 15.2 Å². The molecule has 1 aliphatic rings. The molecule has 0 radical (unpaired) electrons. The van der Waals surface area contributed by atoms with Gasteiger partial charge in [0, 0.05) is 12.6 Å². The molecule has 1 amide bonds. The summed E-state index contributed by atoms with van der Waals surface area (Å²) in [7, 11) is 0. The van der Waals surface area contributed by atoms with Gasteiger partial charge >= 0.3 is 5.97 Å². The number of thiophene rings is 1. The predicted molar refractivity (Wildman–Crippen MR) is 71.8 cm³/mol. The zero-order valence-electron chi connectivity index (χ0n) is 10.7. The molecule has 2 atom stereocenters. The largest absolute Gasteiger partial charge is 0.477 e. The van der Waals surface area contributed by atoms with Crippen LogP contribution in [0.3, 0.4) is 0 Å². The number of nitrogens with one attached hydrogen (secondary N) is 1. The Morgan fingerprint density at radius 2 is 2.21 bits per heavy atom. The molecule has 0 saturated carbocycles. The number of amides is 1. The van der Waals surface area contributed by atoms with Crippen molar-refractivity contribution in [2.45, 2.75) is 38.3 Å². The van der Waals surface area contributed by atoms with Gasteiger partial charge in [0.1, 0.15) is 4.88 Å². The Kier molecular flexibility index (Phi) is 4.55. The molecule has 0 bridgehead atoms. The fourth-order valence-corrected chi connectivity index (χ4v) is 2.88. The summed E-state index contributed by atoms with van der Waals surface area (Å²) in [5.74, 6) is -1.19. The second-order valence-electron chi connectivity index (χ2n) is 4.56. The Balaban J connectivity index is 1.94. The number of rotatable bonds is 4. The number of carbonyl (C=O) groups is 2. The van der Waals surface area contributed by atoms with Crippen LogP contribution in [-0.4, -0.2) is 35.7 Å². The first-order valence-electron chi connectivity index (χ1n) is 6.35. The second kappa shape index (κ2) is 6.16. The molecule has 0 spiro atoms. The summed E-state index contributed by atoms with van der Waals surface area (Å²) in [5, 5.41) is 11.8. The van der Waals surface area contributed by atoms with Gasteiger partial charge in [-0.15, -0.1) is 11.3 Å². The first-order chi connectivity index (χ1) is 9.10. The van der Waals surface area contributed by atoms with E-state index in [2.05, 4.69) is 12.2 Å². The van der Waals surface area contributed by atoms with E-state index < -0.39 is 5.97 Å². The number of carbonyl (C=O) groups excluding carboxylic acids is 1. The third kappa shape index (κ3) is 3.54. The maximum absolute atomic E-state index is 12.0. The molecule has 0 aliphatic carbocycles. The number of aromatic carboxylic acids is 1. The average Bonchev–Trinajstić information content (AvgIpc) is 2.89. The molecule has 0 aromatic carbocycles. The number of ether oxygens (including phenoxy) is 1. The third-order valence-corrected chi connectivity index (χ3v) is 4.27. The van der Waals surface area contributed by atoms with Crippen LogP contribution in [0.4, 0.5) is 0 Å². The Bertz CT molecular complexity index is 471. The third-order valence-electron chi connectivity index (χ3n) is 3.20. The van der Waals surface area contributed by atoms with E-state index in [1.54, 1.807) is 6.07 Å². The van der Waals surface area contributed by atoms with Crippen molar-refractivity contribution in [2.24, 2.45) is 0 Å². The van der Waals surface area contributed by atoms with Gasteiger partial charge in [-0.1, -0.05) is 6.92 Å². The summed E-state index contributed by atoms with van der Waals surface area (Å²) in [5.41, 5.74) is 0. The molecule has 1 fully saturated rings. The van der Waals surface area contributed by atoms with Gasteiger partial charge in [-0.25, -0.2) is 4.79 Å². The molecule has 1 aromatic heterocycles. The average molecular weight is 283 g/mol. The van der Waals surface area contributed by atoms with Crippen molar-refractivity contribution in [3.63, 3.8) is 0 Å². The summed E-state index contributed by atoms with van der Waals surface area (Å²) in [6.07, 6.45) is 2.77. The Labute approximate surface area is 115 Å². The van der Waals surface area contributed by atoms with Crippen LogP contribution in [0.15, 0.2) is 12.1 Å². The normalized spacial score (nSPS) is 23.0. The van der Waals surface area contributed by atoms with Crippen LogP contribution in [0.1, 0.15) is 45.5 Å². The first kappa shape index (κ1) is 14.0. The van der Waals surface area contributed by atoms with Gasteiger partial charge in [0.25, 0.3) is 5.91 Å². The van der Waals surface area contributed by atoms with Crippen LogP contribution in [0.2, 0.25) is 0 Å². The monoisotopic (exact) mass is 283 g/mol. The van der Waals surface area contributed by atoms with Gasteiger partial charge in [-0.05, 0) is 31.4 Å². The quantitative estimate of drug-likeness (QED) is 0.887. The van der Waals surface area contributed by atoms with E-state index in [0.29, 0.717) is 11.5 Å². The van der Waals surface area contributed by atoms with E-state index in [0.717, 1.165) is 30.6 Å². The number of carboxylic acid groups (broad SMARTS) is 1. The fourth-order valence-electron chi connectivity index (χ4n) is 2.13. The maximum atomic E-state index is 12.0. The van der Waals surface area contributed by atoms with E-state index in [4.69, 9.17) is 9.84 Å². The fraction of sp³-hybridized carbons (Fsp3) is 0.538. The maximum Gasteiger partial charge on any atom is 0.345 e. The lowest BCUT2D eigenvalue weighted by Gasteiger charge is -2.29. The van der Waals surface area contributed by atoms with E-state index >= 15 is 0 Å². The molecule has 1 saturated heterocycles. The standard InChI is InChI=1S/C13H17NO4S/c1-2-9-7-8(5-6-18-9)14-12(15)10-3-4-11(19-10)13(16)17/h3-4,8-9H,2,5-7H2,1H3,(H,14,15)(H,16,17)/t8-,9+/m0/s1. The highest BCUT2D eigenvalue weighted by Crippen LogP contribution is 2.19. The molecule has 5 nitrogen and oxygen atoms in total. The van der Waals surface area contributed by atoms with Crippen molar-refractivity contribution < 1.29 is 19.4 Å². The van der Waals surface area contributed by atoms with Crippen LogP contribution in [0.25, 0.3) is 0 Å². The Hall–Kier alpha value is -1.40. The molecule has 2 N–H and O–H groups in total. The SMILES string of the molecule is CC[C@@H]1C[C@@H](NC(=O)c2ccc(C(=O)O)s2)CCO1. The number of hydrogen-bond acceptors (Lipinski definition) is 4. The lowest BCUT2D eigenvalue weighted by molar-refractivity contribution is 0.000651. The zero-order chi connectivity index (χ0) is 13.8. The van der Waals surface area contributed by atoms with E-state index in [-0.39, 0.29) is 22.9 Å². The minimum absolute atomic E-state index is 0.113. The molecule has 1 aromatic rings. The van der Waals surface area contributed by atoms with Crippen LogP contribution >= 0.6 is 11.3 Å². The second-order valence-corrected chi connectivity index (χ2v) is 5.65. The summed E-state index contributed by atoms with van der Waals surface area (Å²) in [6.45, 7) is 2.72. The smallest absolute Gasteiger partial charge is 0.345 e.